The van der Waals surface area contributed by atoms with Crippen LogP contribution in [0.1, 0.15) is 36.5 Å². The molecular formula is C23H29N5O. The molecule has 1 aliphatic rings. The first-order valence-corrected chi connectivity index (χ1v) is 9.90. The summed E-state index contributed by atoms with van der Waals surface area (Å²) in [5, 5.41) is 14.8. The highest BCUT2D eigenvalue weighted by atomic mass is 16.1. The van der Waals surface area contributed by atoms with Gasteiger partial charge in [0.05, 0.1) is 11.3 Å². The van der Waals surface area contributed by atoms with Gasteiger partial charge in [-0.15, -0.1) is 0 Å². The molecule has 0 aromatic heterocycles. The van der Waals surface area contributed by atoms with Crippen LogP contribution in [0.5, 0.6) is 0 Å². The minimum Gasteiger partial charge on any atom is -0.388 e. The fraction of sp³-hybridized carbons (Fsp3) is 0.348. The highest BCUT2D eigenvalue weighted by molar-refractivity contribution is 6.04. The second kappa shape index (κ2) is 8.57. The molecular weight excluding hydrogens is 362 g/mol. The topological polar surface area (TPSA) is 103 Å². The number of carbonyl (C=O) groups is 1. The van der Waals surface area contributed by atoms with Crippen molar-refractivity contribution in [3.63, 3.8) is 0 Å². The number of hydrogen-bond acceptors (Lipinski definition) is 4. The van der Waals surface area contributed by atoms with Crippen LogP contribution in [0, 0.1) is 12.3 Å². The lowest BCUT2D eigenvalue weighted by Crippen LogP contribution is -2.41. The molecule has 0 atom stereocenters. The van der Waals surface area contributed by atoms with Crippen LogP contribution >= 0.6 is 0 Å². The second-order valence-corrected chi connectivity index (χ2v) is 7.67. The first kappa shape index (κ1) is 20.7. The van der Waals surface area contributed by atoms with Gasteiger partial charge in [0.15, 0.2) is 5.84 Å². The molecule has 2 aromatic rings. The smallest absolute Gasteiger partial charge is 0.153 e. The number of hydrogen-bond donors (Lipinski definition) is 4. The summed E-state index contributed by atoms with van der Waals surface area (Å²) in [6.45, 7) is 5.40. The molecule has 1 heterocycles. The summed E-state index contributed by atoms with van der Waals surface area (Å²) in [4.78, 5) is 16.1. The van der Waals surface area contributed by atoms with Crippen LogP contribution in [0.2, 0.25) is 0 Å². The van der Waals surface area contributed by atoms with Gasteiger partial charge in [0.1, 0.15) is 6.29 Å². The van der Waals surface area contributed by atoms with Gasteiger partial charge in [-0.3, -0.25) is 5.41 Å². The molecule has 1 aliphatic heterocycles. The minimum atomic E-state index is -0.450. The van der Waals surface area contributed by atoms with Gasteiger partial charge in [0, 0.05) is 18.3 Å². The number of rotatable bonds is 5. The Labute approximate surface area is 172 Å². The lowest BCUT2D eigenvalue weighted by molar-refractivity contribution is -0.113. The zero-order chi connectivity index (χ0) is 21.0. The van der Waals surface area contributed by atoms with Crippen molar-refractivity contribution in [3.8, 4) is 11.1 Å². The first-order chi connectivity index (χ1) is 13.9. The van der Waals surface area contributed by atoms with Gasteiger partial charge in [-0.25, -0.2) is 4.99 Å². The van der Waals surface area contributed by atoms with Crippen LogP contribution < -0.4 is 16.4 Å². The van der Waals surface area contributed by atoms with E-state index in [2.05, 4.69) is 33.8 Å². The maximum atomic E-state index is 12.1. The lowest BCUT2D eigenvalue weighted by Gasteiger charge is -2.34. The van der Waals surface area contributed by atoms with Crippen molar-refractivity contribution >= 4 is 23.6 Å². The third kappa shape index (κ3) is 4.22. The van der Waals surface area contributed by atoms with Gasteiger partial charge < -0.3 is 21.2 Å². The van der Waals surface area contributed by atoms with E-state index in [4.69, 9.17) is 11.1 Å². The van der Waals surface area contributed by atoms with Gasteiger partial charge in [-0.1, -0.05) is 24.3 Å². The summed E-state index contributed by atoms with van der Waals surface area (Å²) in [5.41, 5.74) is 11.1. The Morgan fingerprint density at radius 2 is 1.97 bits per heavy atom. The SMILES string of the molecule is CNc1cc(-c2cc(C(=N)N=C(C)N)ccc2C)ccc1C1(C=O)CCNCC1. The van der Waals surface area contributed by atoms with Crippen LogP contribution in [-0.4, -0.2) is 38.1 Å². The number of nitrogens with two attached hydrogens (primary N) is 1. The molecule has 1 saturated heterocycles. The minimum absolute atomic E-state index is 0.145. The van der Waals surface area contributed by atoms with Crippen molar-refractivity contribution in [2.24, 2.45) is 10.7 Å². The van der Waals surface area contributed by atoms with E-state index in [0.717, 1.165) is 60.2 Å². The number of carbonyl (C=O) groups excluding carboxylic acids is 1. The van der Waals surface area contributed by atoms with Crippen molar-refractivity contribution in [1.29, 1.82) is 5.41 Å². The van der Waals surface area contributed by atoms with Crippen LogP contribution in [0.15, 0.2) is 41.4 Å². The molecule has 0 saturated carbocycles. The van der Waals surface area contributed by atoms with Gasteiger partial charge in [0.2, 0.25) is 0 Å². The predicted octanol–water partition coefficient (Wildman–Crippen LogP) is 3.23. The molecule has 6 heteroatoms. The van der Waals surface area contributed by atoms with E-state index in [-0.39, 0.29) is 5.84 Å². The van der Waals surface area contributed by atoms with Crippen LogP contribution in [0.4, 0.5) is 5.69 Å². The molecule has 1 fully saturated rings. The van der Waals surface area contributed by atoms with E-state index >= 15 is 0 Å². The van der Waals surface area contributed by atoms with E-state index < -0.39 is 5.41 Å². The van der Waals surface area contributed by atoms with Crippen molar-refractivity contribution in [2.45, 2.75) is 32.1 Å². The number of aryl methyl sites for hydroxylation is 1. The average molecular weight is 392 g/mol. The summed E-state index contributed by atoms with van der Waals surface area (Å²) in [6, 6.07) is 12.1. The Hall–Kier alpha value is -2.99. The predicted molar refractivity (Wildman–Crippen MR) is 120 cm³/mol. The highest BCUT2D eigenvalue weighted by Gasteiger charge is 2.35. The highest BCUT2D eigenvalue weighted by Crippen LogP contribution is 2.38. The monoisotopic (exact) mass is 391 g/mol. The largest absolute Gasteiger partial charge is 0.388 e. The molecule has 5 N–H and O–H groups in total. The van der Waals surface area contributed by atoms with Gasteiger partial charge >= 0.3 is 0 Å². The van der Waals surface area contributed by atoms with E-state index in [0.29, 0.717) is 11.4 Å². The quantitative estimate of drug-likeness (QED) is 0.357. The zero-order valence-corrected chi connectivity index (χ0v) is 17.3. The molecule has 0 radical (unpaired) electrons. The lowest BCUT2D eigenvalue weighted by atomic mass is 9.73. The first-order valence-electron chi connectivity index (χ1n) is 9.90. The van der Waals surface area contributed by atoms with Crippen molar-refractivity contribution in [3.05, 3.63) is 53.1 Å². The van der Waals surface area contributed by atoms with Gasteiger partial charge in [-0.2, -0.15) is 0 Å². The number of aldehydes is 1. The standard InChI is InChI=1S/C23H29N5O/c1-15-4-5-18(22(25)28-16(2)24)12-19(15)17-6-7-20(21(13-17)26-3)23(14-29)8-10-27-11-9-23/h4-7,12-14,26-27H,8-11H2,1-3H3,(H3,24,25,28). The zero-order valence-electron chi connectivity index (χ0n) is 17.3. The Morgan fingerprint density at radius 1 is 1.24 bits per heavy atom. The molecule has 0 amide bonds. The number of amidine groups is 2. The van der Waals surface area contributed by atoms with Gasteiger partial charge in [0.25, 0.3) is 0 Å². The molecule has 0 aliphatic carbocycles. The molecule has 0 unspecified atom stereocenters. The van der Waals surface area contributed by atoms with Gasteiger partial charge in [-0.05, 0) is 74.2 Å². The maximum Gasteiger partial charge on any atom is 0.153 e. The number of benzene rings is 2. The average Bonchev–Trinajstić information content (AvgIpc) is 2.73. The molecule has 29 heavy (non-hydrogen) atoms. The van der Waals surface area contributed by atoms with Crippen LogP contribution in [0.3, 0.4) is 0 Å². The molecule has 6 nitrogen and oxygen atoms in total. The Balaban J connectivity index is 2.05. The molecule has 152 valence electrons. The second-order valence-electron chi connectivity index (χ2n) is 7.67. The number of nitrogens with one attached hydrogen (secondary N) is 3. The summed E-state index contributed by atoms with van der Waals surface area (Å²) in [6.07, 6.45) is 2.71. The van der Waals surface area contributed by atoms with Crippen LogP contribution in [0.25, 0.3) is 11.1 Å². The normalized spacial score (nSPS) is 16.3. The number of piperidine rings is 1. The van der Waals surface area contributed by atoms with E-state index in [9.17, 15) is 4.79 Å². The molecule has 2 aromatic carbocycles. The van der Waals surface area contributed by atoms with E-state index in [1.165, 1.54) is 0 Å². The van der Waals surface area contributed by atoms with E-state index in [1.807, 2.05) is 32.2 Å². The number of nitrogens with zero attached hydrogens (tertiary/aromatic N) is 1. The van der Waals surface area contributed by atoms with Crippen molar-refractivity contribution in [1.82, 2.24) is 5.32 Å². The van der Waals surface area contributed by atoms with Crippen LogP contribution in [-0.2, 0) is 10.2 Å². The third-order valence-corrected chi connectivity index (χ3v) is 5.66. The van der Waals surface area contributed by atoms with E-state index in [1.54, 1.807) is 6.92 Å². The summed E-state index contributed by atoms with van der Waals surface area (Å²) in [5.74, 6) is 0.506. The summed E-state index contributed by atoms with van der Waals surface area (Å²) in [7, 11) is 1.89. The van der Waals surface area contributed by atoms with Crippen molar-refractivity contribution < 1.29 is 4.79 Å². The Bertz CT molecular complexity index is 954. The third-order valence-electron chi connectivity index (χ3n) is 5.66. The Kier molecular flexibility index (Phi) is 6.13. The maximum absolute atomic E-state index is 12.1. The van der Waals surface area contributed by atoms with Crippen molar-refractivity contribution in [2.75, 3.05) is 25.5 Å². The number of anilines is 1. The fourth-order valence-electron chi connectivity index (χ4n) is 4.00. The molecule has 0 spiro atoms. The number of aliphatic imine (C=N–C) groups is 1. The molecule has 0 bridgehead atoms. The summed E-state index contributed by atoms with van der Waals surface area (Å²) < 4.78 is 0. The fourth-order valence-corrected chi connectivity index (χ4v) is 4.00. The summed E-state index contributed by atoms with van der Waals surface area (Å²) >= 11 is 0. The Morgan fingerprint density at radius 3 is 2.59 bits per heavy atom. The molecule has 3 rings (SSSR count).